The Hall–Kier alpha value is -1.88. The second-order valence-electron chi connectivity index (χ2n) is 9.61. The summed E-state index contributed by atoms with van der Waals surface area (Å²) in [5, 5.41) is 0. The molecular weight excluding hydrogens is 374 g/mol. The van der Waals surface area contributed by atoms with Gasteiger partial charge in [0.1, 0.15) is 0 Å². The Bertz CT molecular complexity index is 955. The Labute approximate surface area is 179 Å². The lowest BCUT2D eigenvalue weighted by molar-refractivity contribution is 0.0241. The minimum absolute atomic E-state index is 0.00365. The van der Waals surface area contributed by atoms with Crippen LogP contribution in [0, 0.1) is 0 Å². The van der Waals surface area contributed by atoms with Crippen LogP contribution in [-0.2, 0) is 0 Å². The van der Waals surface area contributed by atoms with Crippen LogP contribution in [0.2, 0.25) is 0 Å². The fraction of sp³-hybridized carbons (Fsp3) is 0.680. The molecule has 30 heavy (non-hydrogen) atoms. The van der Waals surface area contributed by atoms with E-state index in [4.69, 9.17) is 0 Å². The number of nitrogens with zero attached hydrogens (tertiary/aromatic N) is 2. The number of rotatable bonds is 4. The highest BCUT2D eigenvalue weighted by atomic mass is 16.2. The van der Waals surface area contributed by atoms with Gasteiger partial charge in [0.25, 0.3) is 0 Å². The first-order chi connectivity index (χ1) is 14.6. The van der Waals surface area contributed by atoms with Crippen LogP contribution in [0.15, 0.2) is 33.9 Å². The van der Waals surface area contributed by atoms with E-state index in [0.717, 1.165) is 17.5 Å². The van der Waals surface area contributed by atoms with Crippen molar-refractivity contribution in [1.82, 2.24) is 14.5 Å². The van der Waals surface area contributed by atoms with Crippen molar-refractivity contribution in [1.29, 1.82) is 0 Å². The molecule has 0 spiro atoms. The summed E-state index contributed by atoms with van der Waals surface area (Å²) in [5.74, 6) is 0. The normalized spacial score (nSPS) is 25.7. The predicted octanol–water partition coefficient (Wildman–Crippen LogP) is 5.00. The van der Waals surface area contributed by atoms with Gasteiger partial charge >= 0.3 is 11.1 Å². The second-order valence-corrected chi connectivity index (χ2v) is 9.61. The number of aromatic nitrogens is 2. The van der Waals surface area contributed by atoms with Crippen molar-refractivity contribution in [2.45, 2.75) is 109 Å². The zero-order valence-corrected chi connectivity index (χ0v) is 18.6. The number of fused-ring (bicyclic) bond motifs is 1. The first kappa shape index (κ1) is 21.4. The van der Waals surface area contributed by atoms with Gasteiger partial charge in [0.2, 0.25) is 0 Å². The third kappa shape index (κ3) is 4.41. The van der Waals surface area contributed by atoms with E-state index in [0.29, 0.717) is 18.1 Å². The molecule has 1 aromatic carbocycles. The summed E-state index contributed by atoms with van der Waals surface area (Å²) in [6.45, 7) is 4.51. The lowest BCUT2D eigenvalue weighted by Crippen LogP contribution is -2.52. The van der Waals surface area contributed by atoms with Crippen LogP contribution in [0.4, 0.5) is 0 Å². The van der Waals surface area contributed by atoms with Crippen LogP contribution >= 0.6 is 0 Å². The van der Waals surface area contributed by atoms with Gasteiger partial charge in [-0.1, -0.05) is 50.7 Å². The van der Waals surface area contributed by atoms with E-state index < -0.39 is 11.1 Å². The molecule has 5 nitrogen and oxygen atoms in total. The Balaban J connectivity index is 1.62. The van der Waals surface area contributed by atoms with Gasteiger partial charge in [0.15, 0.2) is 0 Å². The Morgan fingerprint density at radius 1 is 0.967 bits per heavy atom. The molecule has 5 heteroatoms. The summed E-state index contributed by atoms with van der Waals surface area (Å²) < 4.78 is 1.74. The minimum atomic E-state index is -0.519. The molecule has 1 saturated heterocycles. The monoisotopic (exact) mass is 411 g/mol. The zero-order chi connectivity index (χ0) is 21.1. The quantitative estimate of drug-likeness (QED) is 0.721. The lowest BCUT2D eigenvalue weighted by atomic mass is 9.86. The van der Waals surface area contributed by atoms with Gasteiger partial charge in [-0.25, -0.2) is 0 Å². The van der Waals surface area contributed by atoms with Gasteiger partial charge in [-0.2, -0.15) is 0 Å². The van der Waals surface area contributed by atoms with Crippen LogP contribution in [0.3, 0.4) is 0 Å². The van der Waals surface area contributed by atoms with Gasteiger partial charge in [0, 0.05) is 24.2 Å². The highest BCUT2D eigenvalue weighted by molar-refractivity contribution is 5.74. The molecule has 164 valence electrons. The van der Waals surface area contributed by atoms with Crippen molar-refractivity contribution in [2.75, 3.05) is 0 Å². The minimum Gasteiger partial charge on any atom is -0.316 e. The van der Waals surface area contributed by atoms with E-state index >= 15 is 0 Å². The van der Waals surface area contributed by atoms with E-state index in [9.17, 15) is 9.59 Å². The van der Waals surface area contributed by atoms with E-state index in [2.05, 4.69) is 23.7 Å². The maximum Gasteiger partial charge on any atom is 0.316 e. The number of H-pyrrole nitrogens is 1. The molecule has 2 fully saturated rings. The molecule has 1 aliphatic heterocycles. The van der Waals surface area contributed by atoms with Crippen molar-refractivity contribution >= 4 is 11.0 Å². The third-order valence-electron chi connectivity index (χ3n) is 7.46. The van der Waals surface area contributed by atoms with E-state index in [1.807, 2.05) is 24.3 Å². The highest BCUT2D eigenvalue weighted by Gasteiger charge is 2.34. The topological polar surface area (TPSA) is 58.1 Å². The molecule has 2 aliphatic rings. The second kappa shape index (κ2) is 9.51. The number of aromatic amines is 1. The Kier molecular flexibility index (Phi) is 6.77. The van der Waals surface area contributed by atoms with Gasteiger partial charge in [-0.3, -0.25) is 19.1 Å². The molecule has 2 aromatic rings. The zero-order valence-electron chi connectivity index (χ0n) is 18.6. The van der Waals surface area contributed by atoms with Gasteiger partial charge < -0.3 is 4.98 Å². The molecule has 3 atom stereocenters. The fourth-order valence-electron chi connectivity index (χ4n) is 6.06. The number of likely N-dealkylation sites (tertiary alicyclic amines) is 1. The summed E-state index contributed by atoms with van der Waals surface area (Å²) in [7, 11) is 0. The molecule has 1 saturated carbocycles. The van der Waals surface area contributed by atoms with Crippen molar-refractivity contribution < 1.29 is 0 Å². The first-order valence-corrected chi connectivity index (χ1v) is 12.1. The average Bonchev–Trinajstić information content (AvgIpc) is 2.70. The Morgan fingerprint density at radius 3 is 2.43 bits per heavy atom. The van der Waals surface area contributed by atoms with Crippen LogP contribution in [0.5, 0.6) is 0 Å². The summed E-state index contributed by atoms with van der Waals surface area (Å²) in [6.07, 6.45) is 14.1. The van der Waals surface area contributed by atoms with Gasteiger partial charge in [-0.15, -0.1) is 0 Å². The number of nitrogens with one attached hydrogen (secondary N) is 1. The Morgan fingerprint density at radius 2 is 1.67 bits per heavy atom. The first-order valence-electron chi connectivity index (χ1n) is 12.1. The van der Waals surface area contributed by atoms with Crippen molar-refractivity contribution in [3.63, 3.8) is 0 Å². The van der Waals surface area contributed by atoms with E-state index in [1.165, 1.54) is 64.2 Å². The number of hydrogen-bond acceptors (Lipinski definition) is 3. The third-order valence-corrected chi connectivity index (χ3v) is 7.46. The maximum atomic E-state index is 12.8. The van der Waals surface area contributed by atoms with Crippen molar-refractivity contribution in [3.05, 3.63) is 45.0 Å². The van der Waals surface area contributed by atoms with Crippen LogP contribution in [-0.4, -0.2) is 32.6 Å². The number of benzene rings is 1. The molecular formula is C25H37N3O2. The van der Waals surface area contributed by atoms with Crippen molar-refractivity contribution in [2.24, 2.45) is 0 Å². The molecule has 0 amide bonds. The molecule has 1 N–H and O–H groups in total. The standard InChI is InChI=1S/C25H37N3O2/c1-18-11-10-14-21(27(18)20-12-6-4-3-5-7-13-20)17-19(2)28-23-16-9-8-15-22(23)26-24(29)25(28)30/h8-9,15-16,18-21H,3-7,10-14,17H2,1-2H3,(H,26,29)/t18-,19+,21-/m0/s1. The van der Waals surface area contributed by atoms with Crippen LogP contribution in [0.25, 0.3) is 11.0 Å². The fourth-order valence-corrected chi connectivity index (χ4v) is 6.06. The molecule has 0 bridgehead atoms. The van der Waals surface area contributed by atoms with E-state index in [1.54, 1.807) is 4.57 Å². The summed E-state index contributed by atoms with van der Waals surface area (Å²) >= 11 is 0. The molecule has 2 heterocycles. The SMILES string of the molecule is C[C@H](C[C@@H]1CCC[C@H](C)N1C1CCCCCCC1)n1c(=O)c(=O)[nH]c2ccccc21. The predicted molar refractivity (Wildman–Crippen MR) is 123 cm³/mol. The number of piperidine rings is 1. The largest absolute Gasteiger partial charge is 0.316 e. The maximum absolute atomic E-state index is 12.8. The van der Waals surface area contributed by atoms with Crippen molar-refractivity contribution in [3.8, 4) is 0 Å². The molecule has 4 rings (SSSR count). The molecule has 0 radical (unpaired) electrons. The van der Waals surface area contributed by atoms with Crippen LogP contribution < -0.4 is 11.1 Å². The highest BCUT2D eigenvalue weighted by Crippen LogP contribution is 2.34. The molecule has 1 aliphatic carbocycles. The summed E-state index contributed by atoms with van der Waals surface area (Å²) in [5.41, 5.74) is 0.621. The summed E-state index contributed by atoms with van der Waals surface area (Å²) in [6, 6.07) is 9.42. The smallest absolute Gasteiger partial charge is 0.316 e. The van der Waals surface area contributed by atoms with Crippen LogP contribution in [0.1, 0.15) is 90.5 Å². The number of hydrogen-bond donors (Lipinski definition) is 1. The number of para-hydroxylation sites is 2. The molecule has 0 unspecified atom stereocenters. The molecule has 1 aromatic heterocycles. The van der Waals surface area contributed by atoms with Gasteiger partial charge in [-0.05, 0) is 58.1 Å². The average molecular weight is 412 g/mol. The lowest BCUT2D eigenvalue weighted by Gasteiger charge is -2.47. The van der Waals surface area contributed by atoms with Gasteiger partial charge in [0.05, 0.1) is 11.0 Å². The summed E-state index contributed by atoms with van der Waals surface area (Å²) in [4.78, 5) is 30.6. The van der Waals surface area contributed by atoms with E-state index in [-0.39, 0.29) is 6.04 Å².